The minimum absolute atomic E-state index is 0.0174. The molecular formula is C17H13NO2S. The molecular weight excluding hydrogens is 282 g/mol. The van der Waals surface area contributed by atoms with E-state index in [4.69, 9.17) is 4.74 Å². The second kappa shape index (κ2) is 4.83. The van der Waals surface area contributed by atoms with Crippen LogP contribution in [0.1, 0.15) is 5.56 Å². The number of hydrogen-bond acceptors (Lipinski definition) is 3. The molecule has 0 fully saturated rings. The summed E-state index contributed by atoms with van der Waals surface area (Å²) in [5.41, 5.74) is 1.49. The van der Waals surface area contributed by atoms with Crippen LogP contribution in [0.3, 0.4) is 0 Å². The molecule has 2 heterocycles. The van der Waals surface area contributed by atoms with E-state index < -0.39 is 5.60 Å². The van der Waals surface area contributed by atoms with Gasteiger partial charge in [0.1, 0.15) is 12.2 Å². The highest BCUT2D eigenvalue weighted by Crippen LogP contribution is 2.44. The Hall–Kier alpha value is -1.91. The number of rotatable bonds is 0. The topological polar surface area (TPSA) is 38.7 Å². The number of allylic oxidation sites excluding steroid dienone is 3. The summed E-state index contributed by atoms with van der Waals surface area (Å²) in [4.78, 5) is 16.6. The van der Waals surface area contributed by atoms with Gasteiger partial charge in [-0.2, -0.15) is 0 Å². The maximum atomic E-state index is 11.4. The molecule has 2 unspecified atom stereocenters. The van der Waals surface area contributed by atoms with Crippen LogP contribution in [0, 0.1) is 0 Å². The van der Waals surface area contributed by atoms with Gasteiger partial charge < -0.3 is 4.74 Å². The summed E-state index contributed by atoms with van der Waals surface area (Å²) in [6.45, 7) is 0.0174. The Morgan fingerprint density at radius 2 is 2.19 bits per heavy atom. The first-order chi connectivity index (χ1) is 10.3. The zero-order valence-corrected chi connectivity index (χ0v) is 12.0. The van der Waals surface area contributed by atoms with Gasteiger partial charge in [-0.1, -0.05) is 42.5 Å². The highest BCUT2D eigenvalue weighted by atomic mass is 32.2. The largest absolute Gasteiger partial charge is 0.351 e. The predicted octanol–water partition coefficient (Wildman–Crippen LogP) is 3.04. The fourth-order valence-electron chi connectivity index (χ4n) is 2.78. The van der Waals surface area contributed by atoms with Crippen LogP contribution in [0.2, 0.25) is 0 Å². The van der Waals surface area contributed by atoms with Crippen molar-refractivity contribution in [1.29, 1.82) is 0 Å². The van der Waals surface area contributed by atoms with E-state index in [1.54, 1.807) is 18.0 Å². The fourth-order valence-corrected chi connectivity index (χ4v) is 4.02. The van der Waals surface area contributed by atoms with Gasteiger partial charge in [-0.15, -0.1) is 11.8 Å². The minimum atomic E-state index is -0.739. The maximum absolute atomic E-state index is 11.4. The van der Waals surface area contributed by atoms with Gasteiger partial charge in [-0.05, 0) is 17.7 Å². The predicted molar refractivity (Wildman–Crippen MR) is 83.6 cm³/mol. The number of ether oxygens (including phenoxy) is 1. The van der Waals surface area contributed by atoms with Gasteiger partial charge in [0.05, 0.1) is 5.25 Å². The normalized spacial score (nSPS) is 29.8. The molecule has 1 aromatic carbocycles. The van der Waals surface area contributed by atoms with Crippen molar-refractivity contribution in [1.82, 2.24) is 0 Å². The van der Waals surface area contributed by atoms with E-state index in [9.17, 15) is 4.79 Å². The molecule has 0 bridgehead atoms. The molecule has 1 spiro atoms. The highest BCUT2D eigenvalue weighted by Gasteiger charge is 2.38. The van der Waals surface area contributed by atoms with Crippen LogP contribution in [0.25, 0.3) is 0 Å². The van der Waals surface area contributed by atoms with E-state index >= 15 is 0 Å². The average molecular weight is 295 g/mol. The molecule has 3 nitrogen and oxygen atoms in total. The number of amides is 1. The smallest absolute Gasteiger partial charge is 0.271 e. The van der Waals surface area contributed by atoms with Crippen molar-refractivity contribution >= 4 is 23.9 Å². The van der Waals surface area contributed by atoms with Crippen molar-refractivity contribution in [2.24, 2.45) is 4.99 Å². The van der Waals surface area contributed by atoms with Gasteiger partial charge in [0, 0.05) is 16.7 Å². The van der Waals surface area contributed by atoms with Crippen LogP contribution in [0.5, 0.6) is 0 Å². The first-order valence-corrected chi connectivity index (χ1v) is 7.71. The monoisotopic (exact) mass is 295 g/mol. The number of carbonyl (C=O) groups is 1. The molecule has 104 valence electrons. The molecule has 0 saturated carbocycles. The Bertz CT molecular complexity index is 732. The van der Waals surface area contributed by atoms with Gasteiger partial charge in [0.2, 0.25) is 0 Å². The molecule has 3 aliphatic rings. The molecule has 1 aliphatic carbocycles. The van der Waals surface area contributed by atoms with Crippen molar-refractivity contribution in [3.63, 3.8) is 0 Å². The number of nitrogens with zero attached hydrogens (tertiary/aromatic N) is 1. The Morgan fingerprint density at radius 3 is 3.05 bits per heavy atom. The zero-order valence-electron chi connectivity index (χ0n) is 11.2. The lowest BCUT2D eigenvalue weighted by molar-refractivity contribution is -0.126. The van der Waals surface area contributed by atoms with E-state index in [2.05, 4.69) is 35.4 Å². The maximum Gasteiger partial charge on any atom is 0.271 e. The van der Waals surface area contributed by atoms with Crippen LogP contribution in [0.15, 0.2) is 70.1 Å². The molecule has 1 amide bonds. The Morgan fingerprint density at radius 1 is 1.29 bits per heavy atom. The van der Waals surface area contributed by atoms with Crippen LogP contribution < -0.4 is 0 Å². The molecule has 2 aliphatic heterocycles. The lowest BCUT2D eigenvalue weighted by atomic mass is 9.90. The summed E-state index contributed by atoms with van der Waals surface area (Å²) in [5, 5.41) is 0.269. The number of benzene rings is 1. The highest BCUT2D eigenvalue weighted by molar-refractivity contribution is 8.00. The molecule has 4 heteroatoms. The van der Waals surface area contributed by atoms with E-state index in [0.29, 0.717) is 0 Å². The Balaban J connectivity index is 1.94. The van der Waals surface area contributed by atoms with Gasteiger partial charge in [0.25, 0.3) is 5.91 Å². The first-order valence-electron chi connectivity index (χ1n) is 6.83. The Kier molecular flexibility index (Phi) is 2.94. The van der Waals surface area contributed by atoms with Gasteiger partial charge >= 0.3 is 0 Å². The number of carbonyl (C=O) groups excluding carboxylic acids is 1. The summed E-state index contributed by atoms with van der Waals surface area (Å²) >= 11 is 1.80. The van der Waals surface area contributed by atoms with Gasteiger partial charge in [-0.3, -0.25) is 4.79 Å². The third-order valence-electron chi connectivity index (χ3n) is 3.79. The summed E-state index contributed by atoms with van der Waals surface area (Å²) in [5.74, 6) is -0.232. The number of hydrogen-bond donors (Lipinski definition) is 0. The van der Waals surface area contributed by atoms with Crippen LogP contribution >= 0.6 is 11.8 Å². The SMILES string of the molecule is O=C1COC2(C=N1)C=C1C=CC=CC1Sc1ccccc12. The lowest BCUT2D eigenvalue weighted by Gasteiger charge is -2.30. The molecule has 0 aromatic heterocycles. The molecule has 21 heavy (non-hydrogen) atoms. The van der Waals surface area contributed by atoms with Crippen molar-refractivity contribution in [2.45, 2.75) is 15.7 Å². The summed E-state index contributed by atoms with van der Waals surface area (Å²) in [7, 11) is 0. The van der Waals surface area contributed by atoms with Gasteiger partial charge in [-0.25, -0.2) is 4.99 Å². The molecule has 2 atom stereocenters. The molecule has 0 radical (unpaired) electrons. The number of fused-ring (bicyclic) bond motifs is 3. The summed E-state index contributed by atoms with van der Waals surface area (Å²) < 4.78 is 5.93. The summed E-state index contributed by atoms with van der Waals surface area (Å²) in [6, 6.07) is 8.16. The number of thioether (sulfide) groups is 1. The lowest BCUT2D eigenvalue weighted by Crippen LogP contribution is -2.36. The first kappa shape index (κ1) is 12.8. The molecule has 0 saturated heterocycles. The standard InChI is InChI=1S/C17H13NO2S/c19-16-10-20-17(11-18-16)9-12-5-1-3-7-14(12)21-15-8-4-2-6-13(15)17/h1-9,11,14H,10H2. The average Bonchev–Trinajstić information content (AvgIpc) is 2.65. The van der Waals surface area contributed by atoms with E-state index in [1.807, 2.05) is 24.3 Å². The van der Waals surface area contributed by atoms with Gasteiger partial charge in [0.15, 0.2) is 0 Å². The van der Waals surface area contributed by atoms with E-state index in [0.717, 1.165) is 10.5 Å². The van der Waals surface area contributed by atoms with E-state index in [1.165, 1.54) is 5.57 Å². The summed E-state index contributed by atoms with van der Waals surface area (Å²) in [6.07, 6.45) is 12.1. The van der Waals surface area contributed by atoms with Crippen molar-refractivity contribution in [2.75, 3.05) is 6.61 Å². The minimum Gasteiger partial charge on any atom is -0.351 e. The zero-order chi connectivity index (χ0) is 14.3. The molecule has 0 N–H and O–H groups in total. The van der Waals surface area contributed by atoms with Crippen LogP contribution in [-0.2, 0) is 15.1 Å². The second-order valence-electron chi connectivity index (χ2n) is 5.16. The van der Waals surface area contributed by atoms with Crippen LogP contribution in [0.4, 0.5) is 0 Å². The number of aliphatic imine (C=N–C) groups is 1. The van der Waals surface area contributed by atoms with Crippen molar-refractivity contribution < 1.29 is 9.53 Å². The van der Waals surface area contributed by atoms with Crippen molar-refractivity contribution in [3.05, 3.63) is 65.8 Å². The molecule has 4 rings (SSSR count). The third-order valence-corrected chi connectivity index (χ3v) is 5.09. The molecule has 1 aromatic rings. The second-order valence-corrected chi connectivity index (χ2v) is 6.34. The van der Waals surface area contributed by atoms with Crippen molar-refractivity contribution in [3.8, 4) is 0 Å². The van der Waals surface area contributed by atoms with Crippen LogP contribution in [-0.4, -0.2) is 24.0 Å². The van der Waals surface area contributed by atoms with E-state index in [-0.39, 0.29) is 17.8 Å². The third kappa shape index (κ3) is 2.11. The Labute approximate surface area is 127 Å². The fraction of sp³-hybridized carbons (Fsp3) is 0.176. The quantitative estimate of drug-likeness (QED) is 0.738.